The topological polar surface area (TPSA) is 84.0 Å². The molecular weight excluding hydrogens is 456 g/mol. The van der Waals surface area contributed by atoms with Crippen LogP contribution >= 0.6 is 0 Å². The second kappa shape index (κ2) is 7.63. The van der Waals surface area contributed by atoms with Crippen LogP contribution < -0.4 is 14.5 Å². The van der Waals surface area contributed by atoms with Gasteiger partial charge in [0.1, 0.15) is 5.75 Å². The van der Waals surface area contributed by atoms with Gasteiger partial charge in [0.05, 0.1) is 23.4 Å². The van der Waals surface area contributed by atoms with Crippen LogP contribution in [-0.2, 0) is 19.2 Å². The van der Waals surface area contributed by atoms with Crippen LogP contribution in [0.5, 0.6) is 5.75 Å². The lowest BCUT2D eigenvalue weighted by atomic mass is 9.63. The third-order valence-electron chi connectivity index (χ3n) is 8.76. The fourth-order valence-corrected chi connectivity index (χ4v) is 6.94. The summed E-state index contributed by atoms with van der Waals surface area (Å²) in [5, 5.41) is 0. The van der Waals surface area contributed by atoms with Crippen molar-refractivity contribution in [3.05, 3.63) is 66.2 Å². The molecule has 7 heteroatoms. The molecule has 0 unspecified atom stereocenters. The number of allylic oxidation sites excluding steroid dienone is 2. The van der Waals surface area contributed by atoms with Crippen molar-refractivity contribution in [2.45, 2.75) is 19.8 Å². The Labute approximate surface area is 208 Å². The van der Waals surface area contributed by atoms with E-state index in [1.807, 2.05) is 31.2 Å². The summed E-state index contributed by atoms with van der Waals surface area (Å²) in [7, 11) is 0. The van der Waals surface area contributed by atoms with Crippen LogP contribution in [0.15, 0.2) is 60.7 Å². The van der Waals surface area contributed by atoms with E-state index in [0.29, 0.717) is 17.5 Å². The summed E-state index contributed by atoms with van der Waals surface area (Å²) in [5.74, 6) is -0.393. The minimum absolute atomic E-state index is 0.0803. The average molecular weight is 483 g/mol. The summed E-state index contributed by atoms with van der Waals surface area (Å²) in [4.78, 5) is 55.2. The molecular formula is C29H26N2O5. The van der Waals surface area contributed by atoms with Gasteiger partial charge in [-0.25, -0.2) is 4.90 Å². The van der Waals surface area contributed by atoms with Crippen molar-refractivity contribution in [1.82, 2.24) is 0 Å². The lowest BCUT2D eigenvalue weighted by Crippen LogP contribution is -2.40. The molecule has 7 atom stereocenters. The summed E-state index contributed by atoms with van der Waals surface area (Å²) in [6.45, 7) is 2.23. The fraction of sp³-hybridized carbons (Fsp3) is 0.379. The molecule has 2 saturated carbocycles. The van der Waals surface area contributed by atoms with E-state index in [-0.39, 0.29) is 60.1 Å². The molecule has 8 rings (SSSR count). The van der Waals surface area contributed by atoms with Gasteiger partial charge in [0.2, 0.25) is 17.7 Å². The van der Waals surface area contributed by atoms with Crippen LogP contribution in [0, 0.1) is 48.3 Å². The lowest BCUT2D eigenvalue weighted by molar-refractivity contribution is -0.139. The SMILES string of the molecule is Cc1ccc(N2C[C@H](C(=O)Oc3cccc(N4C(=O)[C@H]5[C@@H]6C=C[C@H]([C@@H]7C[C@H]67)[C@@H]5C4=O)c3)CC2=O)cc1. The van der Waals surface area contributed by atoms with Crippen molar-refractivity contribution < 1.29 is 23.9 Å². The highest BCUT2D eigenvalue weighted by molar-refractivity contribution is 6.22. The molecule has 2 saturated heterocycles. The Morgan fingerprint density at radius 3 is 2.22 bits per heavy atom. The van der Waals surface area contributed by atoms with E-state index in [1.165, 1.54) is 4.90 Å². The van der Waals surface area contributed by atoms with Crippen LogP contribution in [-0.4, -0.2) is 30.2 Å². The Kier molecular flexibility index (Phi) is 4.56. The molecule has 7 nitrogen and oxygen atoms in total. The van der Waals surface area contributed by atoms with Crippen molar-refractivity contribution in [2.75, 3.05) is 16.3 Å². The highest BCUT2D eigenvalue weighted by Gasteiger charge is 2.67. The molecule has 4 fully saturated rings. The van der Waals surface area contributed by atoms with Gasteiger partial charge in [0.15, 0.2) is 0 Å². The lowest BCUT2D eigenvalue weighted by Gasteiger charge is -2.37. The van der Waals surface area contributed by atoms with Crippen molar-refractivity contribution in [3.8, 4) is 5.75 Å². The van der Waals surface area contributed by atoms with Gasteiger partial charge in [-0.2, -0.15) is 0 Å². The number of carbonyl (C=O) groups excluding carboxylic acids is 4. The zero-order valence-electron chi connectivity index (χ0n) is 19.9. The van der Waals surface area contributed by atoms with Crippen molar-refractivity contribution in [2.24, 2.45) is 41.4 Å². The molecule has 0 aromatic heterocycles. The van der Waals surface area contributed by atoms with Crippen molar-refractivity contribution in [3.63, 3.8) is 0 Å². The average Bonchev–Trinajstić information content (AvgIpc) is 3.55. The Morgan fingerprint density at radius 2 is 1.56 bits per heavy atom. The maximum Gasteiger partial charge on any atom is 0.316 e. The Balaban J connectivity index is 1.07. The van der Waals surface area contributed by atoms with E-state index in [0.717, 1.165) is 17.7 Å². The number of imide groups is 1. The van der Waals surface area contributed by atoms with Crippen LogP contribution in [0.2, 0.25) is 0 Å². The first-order valence-corrected chi connectivity index (χ1v) is 12.7. The van der Waals surface area contributed by atoms with Crippen LogP contribution in [0.3, 0.4) is 0 Å². The van der Waals surface area contributed by atoms with Crippen molar-refractivity contribution >= 4 is 35.1 Å². The van der Waals surface area contributed by atoms with Gasteiger partial charge in [-0.05, 0) is 61.3 Å². The number of anilines is 2. The number of hydrogen-bond donors (Lipinski definition) is 0. The number of benzene rings is 2. The predicted octanol–water partition coefficient (Wildman–Crippen LogP) is 3.51. The van der Waals surface area contributed by atoms with Crippen LogP contribution in [0.1, 0.15) is 18.4 Å². The molecule has 2 aromatic carbocycles. The third-order valence-corrected chi connectivity index (χ3v) is 8.76. The number of esters is 1. The first-order chi connectivity index (χ1) is 17.4. The number of aryl methyl sites for hydroxylation is 1. The number of amides is 3. The van der Waals surface area contributed by atoms with E-state index in [1.54, 1.807) is 29.2 Å². The minimum atomic E-state index is -0.589. The zero-order chi connectivity index (χ0) is 24.7. The Morgan fingerprint density at radius 1 is 0.889 bits per heavy atom. The summed E-state index contributed by atoms with van der Waals surface area (Å²) >= 11 is 0. The second-order valence-electron chi connectivity index (χ2n) is 10.8. The Bertz CT molecular complexity index is 1310. The standard InChI is InChI=1S/C29H26N2O5/c1-15-5-7-17(8-6-15)30-14-16(11-24(30)32)29(35)36-19-4-2-3-18(12-19)31-27(33)25-20-9-10-21(23-13-22(20)23)26(25)28(31)34/h2-10,12,16,20-23,25-26H,11,13-14H2,1H3/t16-,20-,21-,22-,23+,25+,26+/m1/s1. The molecule has 6 aliphatic rings. The molecule has 3 amide bonds. The summed E-state index contributed by atoms with van der Waals surface area (Å²) < 4.78 is 5.64. The first kappa shape index (κ1) is 21.5. The van der Waals surface area contributed by atoms with E-state index in [4.69, 9.17) is 4.74 Å². The molecule has 2 heterocycles. The maximum atomic E-state index is 13.4. The number of hydrogen-bond acceptors (Lipinski definition) is 5. The number of nitrogens with zero attached hydrogens (tertiary/aromatic N) is 2. The van der Waals surface area contributed by atoms with Crippen LogP contribution in [0.25, 0.3) is 0 Å². The summed E-state index contributed by atoms with van der Waals surface area (Å²) in [6.07, 6.45) is 5.49. The van der Waals surface area contributed by atoms with Gasteiger partial charge < -0.3 is 9.64 Å². The molecule has 2 bridgehead atoms. The largest absolute Gasteiger partial charge is 0.426 e. The van der Waals surface area contributed by atoms with E-state index in [9.17, 15) is 19.2 Å². The highest BCUT2D eigenvalue weighted by Crippen LogP contribution is 2.65. The molecule has 0 radical (unpaired) electrons. The van der Waals surface area contributed by atoms with Gasteiger partial charge in [-0.3, -0.25) is 19.2 Å². The normalized spacial score (nSPS) is 33.7. The highest BCUT2D eigenvalue weighted by atomic mass is 16.5. The second-order valence-corrected chi connectivity index (χ2v) is 10.8. The number of carbonyl (C=O) groups is 4. The Hall–Kier alpha value is -3.74. The molecule has 36 heavy (non-hydrogen) atoms. The van der Waals surface area contributed by atoms with E-state index < -0.39 is 11.9 Å². The molecule has 0 N–H and O–H groups in total. The zero-order valence-corrected chi connectivity index (χ0v) is 19.9. The molecule has 0 spiro atoms. The van der Waals surface area contributed by atoms with Crippen LogP contribution in [0.4, 0.5) is 11.4 Å². The van der Waals surface area contributed by atoms with Crippen molar-refractivity contribution in [1.29, 1.82) is 0 Å². The number of rotatable bonds is 4. The molecule has 4 aliphatic carbocycles. The third kappa shape index (κ3) is 3.11. The monoisotopic (exact) mass is 482 g/mol. The first-order valence-electron chi connectivity index (χ1n) is 12.7. The molecule has 2 aromatic rings. The fourth-order valence-electron chi connectivity index (χ4n) is 6.94. The maximum absolute atomic E-state index is 13.4. The summed E-state index contributed by atoms with van der Waals surface area (Å²) in [5.41, 5.74) is 2.29. The van der Waals surface area contributed by atoms with Gasteiger partial charge in [0, 0.05) is 24.7 Å². The predicted molar refractivity (Wildman–Crippen MR) is 131 cm³/mol. The minimum Gasteiger partial charge on any atom is -0.426 e. The van der Waals surface area contributed by atoms with Gasteiger partial charge >= 0.3 is 5.97 Å². The van der Waals surface area contributed by atoms with Gasteiger partial charge in [0.25, 0.3) is 0 Å². The van der Waals surface area contributed by atoms with Gasteiger partial charge in [-0.15, -0.1) is 0 Å². The van der Waals surface area contributed by atoms with E-state index >= 15 is 0 Å². The number of ether oxygens (including phenoxy) is 1. The van der Waals surface area contributed by atoms with Gasteiger partial charge in [-0.1, -0.05) is 35.9 Å². The van der Waals surface area contributed by atoms with E-state index in [2.05, 4.69) is 12.2 Å². The quantitative estimate of drug-likeness (QED) is 0.288. The smallest absolute Gasteiger partial charge is 0.316 e. The molecule has 2 aliphatic heterocycles. The summed E-state index contributed by atoms with van der Waals surface area (Å²) in [6, 6.07) is 14.2. The molecule has 182 valence electrons.